The van der Waals surface area contributed by atoms with Crippen LogP contribution in [0.25, 0.3) is 0 Å². The van der Waals surface area contributed by atoms with Crippen molar-refractivity contribution in [1.29, 1.82) is 0 Å². The summed E-state index contributed by atoms with van der Waals surface area (Å²) in [5.74, 6) is -1.13. The summed E-state index contributed by atoms with van der Waals surface area (Å²) in [6.07, 6.45) is 1.01. The number of ether oxygens (including phenoxy) is 1. The SMILES string of the molecule is COC(=O)c1ccc(S(C)(=O)=O)cc1O. The van der Waals surface area contributed by atoms with Gasteiger partial charge in [0.2, 0.25) is 0 Å². The maximum absolute atomic E-state index is 11.1. The Hall–Kier alpha value is -1.56. The number of hydrogen-bond acceptors (Lipinski definition) is 5. The standard InChI is InChI=1S/C9H10O5S/c1-14-9(11)7-4-3-6(5-8(7)10)15(2,12)13/h3-5,10H,1-2H3. The molecule has 0 aromatic heterocycles. The van der Waals surface area contributed by atoms with E-state index in [1.807, 2.05) is 0 Å². The van der Waals surface area contributed by atoms with E-state index in [0.29, 0.717) is 0 Å². The monoisotopic (exact) mass is 230 g/mol. The van der Waals surface area contributed by atoms with Gasteiger partial charge in [0.25, 0.3) is 0 Å². The molecule has 0 fully saturated rings. The molecule has 1 rings (SSSR count). The lowest BCUT2D eigenvalue weighted by molar-refractivity contribution is 0.0597. The lowest BCUT2D eigenvalue weighted by Gasteiger charge is -2.04. The molecule has 0 radical (unpaired) electrons. The molecule has 1 aromatic rings. The molecule has 0 aliphatic rings. The van der Waals surface area contributed by atoms with Crippen LogP contribution in [0.3, 0.4) is 0 Å². The maximum atomic E-state index is 11.1. The van der Waals surface area contributed by atoms with E-state index in [0.717, 1.165) is 12.3 Å². The molecule has 0 saturated carbocycles. The van der Waals surface area contributed by atoms with Crippen molar-refractivity contribution in [2.24, 2.45) is 0 Å². The Morgan fingerprint density at radius 3 is 2.40 bits per heavy atom. The number of benzene rings is 1. The molecule has 1 N–H and O–H groups in total. The van der Waals surface area contributed by atoms with Gasteiger partial charge in [-0.3, -0.25) is 0 Å². The van der Waals surface area contributed by atoms with Gasteiger partial charge in [0.05, 0.1) is 12.0 Å². The second kappa shape index (κ2) is 3.90. The molecule has 0 bridgehead atoms. The normalized spacial score (nSPS) is 11.1. The minimum Gasteiger partial charge on any atom is -0.507 e. The first-order chi connectivity index (χ1) is 6.86. The third kappa shape index (κ3) is 2.47. The Labute approximate surface area is 87.2 Å². The number of sulfone groups is 1. The van der Waals surface area contributed by atoms with E-state index in [9.17, 15) is 18.3 Å². The van der Waals surface area contributed by atoms with Crippen LogP contribution in [-0.4, -0.2) is 32.9 Å². The number of phenolic OH excluding ortho intramolecular Hbond substituents is 1. The molecular formula is C9H10O5S. The van der Waals surface area contributed by atoms with Crippen LogP contribution >= 0.6 is 0 Å². The Bertz CT molecular complexity index is 489. The van der Waals surface area contributed by atoms with Gasteiger partial charge >= 0.3 is 5.97 Å². The van der Waals surface area contributed by atoms with Gasteiger partial charge in [-0.25, -0.2) is 13.2 Å². The fraction of sp³-hybridized carbons (Fsp3) is 0.222. The Morgan fingerprint density at radius 1 is 1.40 bits per heavy atom. The van der Waals surface area contributed by atoms with Gasteiger partial charge in [-0.2, -0.15) is 0 Å². The third-order valence-corrected chi connectivity index (χ3v) is 2.91. The Balaban J connectivity index is 3.27. The molecule has 15 heavy (non-hydrogen) atoms. The van der Waals surface area contributed by atoms with Gasteiger partial charge in [0.15, 0.2) is 9.84 Å². The van der Waals surface area contributed by atoms with Crippen LogP contribution < -0.4 is 0 Å². The van der Waals surface area contributed by atoms with Crippen molar-refractivity contribution in [2.45, 2.75) is 4.90 Å². The smallest absolute Gasteiger partial charge is 0.341 e. The molecule has 1 aromatic carbocycles. The molecule has 0 saturated heterocycles. The summed E-state index contributed by atoms with van der Waals surface area (Å²) in [4.78, 5) is 11.0. The third-order valence-electron chi connectivity index (χ3n) is 1.80. The zero-order chi connectivity index (χ0) is 11.6. The van der Waals surface area contributed by atoms with Crippen molar-refractivity contribution in [3.8, 4) is 5.75 Å². The molecule has 82 valence electrons. The maximum Gasteiger partial charge on any atom is 0.341 e. The number of aromatic hydroxyl groups is 1. The van der Waals surface area contributed by atoms with Crippen LogP contribution in [0.1, 0.15) is 10.4 Å². The Morgan fingerprint density at radius 2 is 2.00 bits per heavy atom. The van der Waals surface area contributed by atoms with Gasteiger partial charge in [-0.15, -0.1) is 0 Å². The minimum atomic E-state index is -3.39. The van der Waals surface area contributed by atoms with Crippen molar-refractivity contribution < 1.29 is 23.1 Å². The van der Waals surface area contributed by atoms with E-state index in [4.69, 9.17) is 0 Å². The van der Waals surface area contributed by atoms with E-state index in [1.54, 1.807) is 0 Å². The zero-order valence-electron chi connectivity index (χ0n) is 8.22. The average Bonchev–Trinajstić information content (AvgIpc) is 2.15. The van der Waals surface area contributed by atoms with Crippen LogP contribution in [0.4, 0.5) is 0 Å². The summed E-state index contributed by atoms with van der Waals surface area (Å²) < 4.78 is 26.6. The first-order valence-corrected chi connectivity index (χ1v) is 5.87. The molecule has 0 heterocycles. The fourth-order valence-electron chi connectivity index (χ4n) is 1.02. The molecule has 0 aliphatic heterocycles. The second-order valence-corrected chi connectivity index (χ2v) is 4.96. The van der Waals surface area contributed by atoms with Gasteiger partial charge in [-0.1, -0.05) is 0 Å². The molecule has 0 amide bonds. The Kier molecular flexibility index (Phi) is 2.99. The van der Waals surface area contributed by atoms with Gasteiger partial charge in [0, 0.05) is 6.26 Å². The minimum absolute atomic E-state index is 0.0485. The molecule has 6 heteroatoms. The van der Waals surface area contributed by atoms with Gasteiger partial charge in [0.1, 0.15) is 11.3 Å². The van der Waals surface area contributed by atoms with Crippen molar-refractivity contribution >= 4 is 15.8 Å². The predicted molar refractivity (Wildman–Crippen MR) is 52.6 cm³/mol. The van der Waals surface area contributed by atoms with Gasteiger partial charge in [-0.05, 0) is 18.2 Å². The van der Waals surface area contributed by atoms with Crippen molar-refractivity contribution in [2.75, 3.05) is 13.4 Å². The topological polar surface area (TPSA) is 80.7 Å². The van der Waals surface area contributed by atoms with E-state index in [2.05, 4.69) is 4.74 Å². The highest BCUT2D eigenvalue weighted by molar-refractivity contribution is 7.90. The molecule has 5 nitrogen and oxygen atoms in total. The largest absolute Gasteiger partial charge is 0.507 e. The van der Waals surface area contributed by atoms with E-state index in [1.165, 1.54) is 19.2 Å². The summed E-state index contributed by atoms with van der Waals surface area (Å²) in [7, 11) is -2.21. The average molecular weight is 230 g/mol. The van der Waals surface area contributed by atoms with Crippen LogP contribution in [0, 0.1) is 0 Å². The number of esters is 1. The first-order valence-electron chi connectivity index (χ1n) is 3.97. The number of rotatable bonds is 2. The number of hydrogen-bond donors (Lipinski definition) is 1. The van der Waals surface area contributed by atoms with Gasteiger partial charge < -0.3 is 9.84 Å². The van der Waals surface area contributed by atoms with Crippen LogP contribution in [0.5, 0.6) is 5.75 Å². The van der Waals surface area contributed by atoms with Crippen molar-refractivity contribution in [3.05, 3.63) is 23.8 Å². The van der Waals surface area contributed by atoms with E-state index < -0.39 is 21.6 Å². The lowest BCUT2D eigenvalue weighted by Crippen LogP contribution is -2.03. The molecule has 0 aliphatic carbocycles. The predicted octanol–water partition coefficient (Wildman–Crippen LogP) is 0.582. The summed E-state index contributed by atoms with van der Waals surface area (Å²) in [6, 6.07) is 3.46. The number of phenols is 1. The van der Waals surface area contributed by atoms with E-state index in [-0.39, 0.29) is 10.5 Å². The lowest BCUT2D eigenvalue weighted by atomic mass is 10.2. The van der Waals surface area contributed by atoms with E-state index >= 15 is 0 Å². The molecular weight excluding hydrogens is 220 g/mol. The molecule has 0 atom stereocenters. The summed E-state index contributed by atoms with van der Waals surface area (Å²) >= 11 is 0. The number of methoxy groups -OCH3 is 1. The first kappa shape index (κ1) is 11.5. The highest BCUT2D eigenvalue weighted by atomic mass is 32.2. The van der Waals surface area contributed by atoms with Crippen LogP contribution in [-0.2, 0) is 14.6 Å². The summed E-state index contributed by atoms with van der Waals surface area (Å²) in [5, 5.41) is 9.39. The number of carbonyl (C=O) groups excluding carboxylic acids is 1. The molecule has 0 unspecified atom stereocenters. The highest BCUT2D eigenvalue weighted by Gasteiger charge is 2.15. The second-order valence-electron chi connectivity index (χ2n) is 2.94. The zero-order valence-corrected chi connectivity index (χ0v) is 9.04. The number of carbonyl (C=O) groups is 1. The summed E-state index contributed by atoms with van der Waals surface area (Å²) in [5.41, 5.74) is -0.0649. The quantitative estimate of drug-likeness (QED) is 0.752. The van der Waals surface area contributed by atoms with Crippen molar-refractivity contribution in [3.63, 3.8) is 0 Å². The fourth-order valence-corrected chi connectivity index (χ4v) is 1.67. The van der Waals surface area contributed by atoms with Crippen LogP contribution in [0.15, 0.2) is 23.1 Å². The summed E-state index contributed by atoms with van der Waals surface area (Å²) in [6.45, 7) is 0. The van der Waals surface area contributed by atoms with Crippen LogP contribution in [0.2, 0.25) is 0 Å². The van der Waals surface area contributed by atoms with Crippen molar-refractivity contribution in [1.82, 2.24) is 0 Å². The highest BCUT2D eigenvalue weighted by Crippen LogP contribution is 2.22. The molecule has 0 spiro atoms.